The first-order chi connectivity index (χ1) is 5.57. The zero-order valence-corrected chi connectivity index (χ0v) is 6.82. The molecule has 0 aliphatic carbocycles. The Bertz CT molecular complexity index is 306. The molecule has 1 aromatic carbocycles. The zero-order valence-electron chi connectivity index (χ0n) is 6.82. The fraction of sp³-hybridized carbons (Fsp3) is 0.222. The molecule has 0 spiro atoms. The Morgan fingerprint density at radius 1 is 1.17 bits per heavy atom. The minimum absolute atomic E-state index is 0.199. The second-order valence-electron chi connectivity index (χ2n) is 2.67. The summed E-state index contributed by atoms with van der Waals surface area (Å²) in [5, 5.41) is 0. The highest BCUT2D eigenvalue weighted by Gasteiger charge is 2.12. The molecule has 0 aromatic heterocycles. The molecule has 12 heavy (non-hydrogen) atoms. The van der Waals surface area contributed by atoms with E-state index < -0.39 is 17.2 Å². The average Bonchev–Trinajstić information content (AvgIpc) is 2.02. The molecule has 0 fully saturated rings. The van der Waals surface area contributed by atoms with Crippen LogP contribution in [-0.2, 0) is 0 Å². The molecular weight excluding hydrogens is 162 g/mol. The van der Waals surface area contributed by atoms with Gasteiger partial charge in [-0.15, -0.1) is 0 Å². The quantitative estimate of drug-likeness (QED) is 0.591. The zero-order chi connectivity index (χ0) is 9.30. The molecule has 0 unspecified atom stereocenters. The number of hydrogen-bond donors (Lipinski definition) is 0. The van der Waals surface area contributed by atoms with Gasteiger partial charge in [0.15, 0.2) is 6.29 Å². The first-order valence-electron chi connectivity index (χ1n) is 3.48. The van der Waals surface area contributed by atoms with Crippen molar-refractivity contribution in [1.29, 1.82) is 0 Å². The number of benzene rings is 1. The second-order valence-corrected chi connectivity index (χ2v) is 2.67. The summed E-state index contributed by atoms with van der Waals surface area (Å²) in [6, 6.07) is 1.37. The third-order valence-electron chi connectivity index (χ3n) is 1.72. The van der Waals surface area contributed by atoms with E-state index in [0.29, 0.717) is 0 Å². The third kappa shape index (κ3) is 1.22. The Balaban J connectivity index is 3.52. The van der Waals surface area contributed by atoms with Crippen molar-refractivity contribution < 1.29 is 13.6 Å². The number of aldehydes is 1. The number of halogens is 2. The van der Waals surface area contributed by atoms with Gasteiger partial charge in [0, 0.05) is 0 Å². The largest absolute Gasteiger partial charge is 0.298 e. The molecular formula is C9H8F2O. The van der Waals surface area contributed by atoms with Gasteiger partial charge < -0.3 is 0 Å². The van der Waals surface area contributed by atoms with Crippen LogP contribution in [0.3, 0.4) is 0 Å². The molecule has 0 N–H and O–H groups in total. The van der Waals surface area contributed by atoms with Gasteiger partial charge in [-0.25, -0.2) is 8.78 Å². The molecule has 0 bridgehead atoms. The van der Waals surface area contributed by atoms with Crippen molar-refractivity contribution in [3.8, 4) is 0 Å². The monoisotopic (exact) mass is 170 g/mol. The number of rotatable bonds is 1. The van der Waals surface area contributed by atoms with Gasteiger partial charge in [-0.1, -0.05) is 6.07 Å². The summed E-state index contributed by atoms with van der Waals surface area (Å²) < 4.78 is 25.9. The van der Waals surface area contributed by atoms with E-state index in [4.69, 9.17) is 0 Å². The molecule has 0 amide bonds. The van der Waals surface area contributed by atoms with Gasteiger partial charge in [0.05, 0.1) is 5.56 Å². The number of hydrogen-bond acceptors (Lipinski definition) is 1. The number of aryl methyl sites for hydroxylation is 2. The summed E-state index contributed by atoms with van der Waals surface area (Å²) in [6.45, 7) is 2.99. The minimum Gasteiger partial charge on any atom is -0.298 e. The van der Waals surface area contributed by atoms with Crippen LogP contribution < -0.4 is 0 Å². The molecule has 0 aliphatic heterocycles. The van der Waals surface area contributed by atoms with Gasteiger partial charge in [0.2, 0.25) is 0 Å². The van der Waals surface area contributed by atoms with E-state index in [2.05, 4.69) is 0 Å². The van der Waals surface area contributed by atoms with Crippen molar-refractivity contribution in [3.63, 3.8) is 0 Å². The van der Waals surface area contributed by atoms with Crippen LogP contribution in [0.15, 0.2) is 6.07 Å². The molecule has 0 radical (unpaired) electrons. The van der Waals surface area contributed by atoms with Crippen molar-refractivity contribution >= 4 is 6.29 Å². The summed E-state index contributed by atoms with van der Waals surface area (Å²) in [5.41, 5.74) is 0.0968. The Morgan fingerprint density at radius 3 is 1.92 bits per heavy atom. The third-order valence-corrected chi connectivity index (χ3v) is 1.72. The topological polar surface area (TPSA) is 17.1 Å². The number of carbonyl (C=O) groups is 1. The van der Waals surface area contributed by atoms with Crippen molar-refractivity contribution in [2.45, 2.75) is 13.8 Å². The Labute approximate surface area is 69.0 Å². The highest BCUT2D eigenvalue weighted by atomic mass is 19.1. The minimum atomic E-state index is -0.770. The maximum Gasteiger partial charge on any atom is 0.155 e. The van der Waals surface area contributed by atoms with Crippen LogP contribution in [0.2, 0.25) is 0 Å². The molecule has 3 heteroatoms. The summed E-state index contributed by atoms with van der Waals surface area (Å²) in [6.07, 6.45) is 0.199. The van der Waals surface area contributed by atoms with Crippen LogP contribution in [0.1, 0.15) is 21.5 Å². The molecule has 0 saturated carbocycles. The highest BCUT2D eigenvalue weighted by Crippen LogP contribution is 2.17. The van der Waals surface area contributed by atoms with Crippen molar-refractivity contribution in [2.24, 2.45) is 0 Å². The van der Waals surface area contributed by atoms with Gasteiger partial charge >= 0.3 is 0 Å². The summed E-state index contributed by atoms with van der Waals surface area (Å²) in [7, 11) is 0. The van der Waals surface area contributed by atoms with Crippen LogP contribution in [0.25, 0.3) is 0 Å². The van der Waals surface area contributed by atoms with E-state index in [1.165, 1.54) is 19.9 Å². The molecule has 1 rings (SSSR count). The summed E-state index contributed by atoms with van der Waals surface area (Å²) in [4.78, 5) is 10.3. The van der Waals surface area contributed by atoms with E-state index in [9.17, 15) is 13.6 Å². The van der Waals surface area contributed by atoms with Gasteiger partial charge in [0.1, 0.15) is 11.6 Å². The predicted octanol–water partition coefficient (Wildman–Crippen LogP) is 2.39. The lowest BCUT2D eigenvalue weighted by molar-refractivity contribution is 0.111. The maximum atomic E-state index is 13.0. The lowest BCUT2D eigenvalue weighted by atomic mass is 10.1. The summed E-state index contributed by atoms with van der Waals surface area (Å²) >= 11 is 0. The lowest BCUT2D eigenvalue weighted by Gasteiger charge is -2.03. The smallest absolute Gasteiger partial charge is 0.155 e. The first-order valence-corrected chi connectivity index (χ1v) is 3.48. The van der Waals surface area contributed by atoms with E-state index >= 15 is 0 Å². The van der Waals surface area contributed by atoms with Crippen molar-refractivity contribution in [3.05, 3.63) is 34.4 Å². The van der Waals surface area contributed by atoms with Crippen LogP contribution >= 0.6 is 0 Å². The molecule has 0 saturated heterocycles. The normalized spacial score (nSPS) is 10.0. The van der Waals surface area contributed by atoms with Gasteiger partial charge in [0.25, 0.3) is 0 Å². The van der Waals surface area contributed by atoms with E-state index in [1.54, 1.807) is 0 Å². The molecule has 1 aromatic rings. The van der Waals surface area contributed by atoms with Crippen LogP contribution in [0.4, 0.5) is 8.78 Å². The molecule has 64 valence electrons. The highest BCUT2D eigenvalue weighted by molar-refractivity contribution is 5.76. The first kappa shape index (κ1) is 8.84. The molecule has 0 heterocycles. The lowest BCUT2D eigenvalue weighted by Crippen LogP contribution is -1.99. The Kier molecular flexibility index (Phi) is 2.22. The molecule has 1 nitrogen and oxygen atoms in total. The van der Waals surface area contributed by atoms with E-state index in [0.717, 1.165) is 0 Å². The number of carbonyl (C=O) groups excluding carboxylic acids is 1. The van der Waals surface area contributed by atoms with Crippen LogP contribution in [-0.4, -0.2) is 6.29 Å². The fourth-order valence-electron chi connectivity index (χ4n) is 1.08. The van der Waals surface area contributed by atoms with Crippen molar-refractivity contribution in [1.82, 2.24) is 0 Å². The van der Waals surface area contributed by atoms with Crippen LogP contribution in [0, 0.1) is 25.5 Å². The average molecular weight is 170 g/mol. The predicted molar refractivity (Wildman–Crippen MR) is 41.2 cm³/mol. The molecule has 0 aliphatic rings. The summed E-state index contributed by atoms with van der Waals surface area (Å²) in [5.74, 6) is -1.54. The van der Waals surface area contributed by atoms with Gasteiger partial charge in [-0.3, -0.25) is 4.79 Å². The van der Waals surface area contributed by atoms with E-state index in [1.807, 2.05) is 0 Å². The van der Waals surface area contributed by atoms with Gasteiger partial charge in [-0.05, 0) is 25.0 Å². The van der Waals surface area contributed by atoms with Crippen molar-refractivity contribution in [2.75, 3.05) is 0 Å². The van der Waals surface area contributed by atoms with Crippen LogP contribution in [0.5, 0.6) is 0 Å². The van der Waals surface area contributed by atoms with Gasteiger partial charge in [-0.2, -0.15) is 0 Å². The maximum absolute atomic E-state index is 13.0. The Morgan fingerprint density at radius 2 is 1.58 bits per heavy atom. The Hall–Kier alpha value is -1.25. The van der Waals surface area contributed by atoms with E-state index in [-0.39, 0.29) is 17.4 Å². The standard InChI is InChI=1S/C9H8F2O/c1-5-3-6(2)9(11)7(4-12)8(5)10/h3-4H,1-2H3. The SMILES string of the molecule is Cc1cc(C)c(F)c(C=O)c1F. The molecule has 0 atom stereocenters. The fourth-order valence-corrected chi connectivity index (χ4v) is 1.08. The second kappa shape index (κ2) is 3.01.